The summed E-state index contributed by atoms with van der Waals surface area (Å²) >= 11 is 3.49. The van der Waals surface area contributed by atoms with Gasteiger partial charge in [0.15, 0.2) is 0 Å². The van der Waals surface area contributed by atoms with Gasteiger partial charge in [-0.3, -0.25) is 9.78 Å². The summed E-state index contributed by atoms with van der Waals surface area (Å²) in [6.07, 6.45) is 5.21. The second kappa shape index (κ2) is 7.72. The highest BCUT2D eigenvalue weighted by atomic mass is 79.9. The van der Waals surface area contributed by atoms with Crippen molar-refractivity contribution >= 4 is 62.1 Å². The van der Waals surface area contributed by atoms with Gasteiger partial charge in [0, 0.05) is 34.0 Å². The molecule has 30 heavy (non-hydrogen) atoms. The molecule has 4 aromatic rings. The maximum Gasteiger partial charge on any atom is 0.229 e. The van der Waals surface area contributed by atoms with Gasteiger partial charge in [-0.25, -0.2) is 4.98 Å². The predicted molar refractivity (Wildman–Crippen MR) is 122 cm³/mol. The molecule has 5 rings (SSSR count). The molecule has 0 unspecified atom stereocenters. The summed E-state index contributed by atoms with van der Waals surface area (Å²) in [6.45, 7) is 0.717. The van der Waals surface area contributed by atoms with Crippen LogP contribution in [0.3, 0.4) is 0 Å². The van der Waals surface area contributed by atoms with Crippen LogP contribution in [0.2, 0.25) is 0 Å². The van der Waals surface area contributed by atoms with E-state index in [1.54, 1.807) is 23.4 Å². The van der Waals surface area contributed by atoms with Crippen LogP contribution in [0.25, 0.3) is 10.9 Å². The highest BCUT2D eigenvalue weighted by Gasteiger charge is 2.18. The molecule has 1 aliphatic rings. The first-order chi connectivity index (χ1) is 14.7. The van der Waals surface area contributed by atoms with E-state index in [9.17, 15) is 4.79 Å². The summed E-state index contributed by atoms with van der Waals surface area (Å²) in [5.74, 6) is 1.12. The second-order valence-corrected chi connectivity index (χ2v) is 7.88. The first kappa shape index (κ1) is 18.5. The lowest BCUT2D eigenvalue weighted by Crippen LogP contribution is -2.17. The summed E-state index contributed by atoms with van der Waals surface area (Å²) in [7, 11) is 0. The fraction of sp³-hybridized carbons (Fsp3) is 0.0909. The van der Waals surface area contributed by atoms with E-state index in [0.29, 0.717) is 18.3 Å². The number of hydrogen-bond acceptors (Lipinski definition) is 6. The van der Waals surface area contributed by atoms with Crippen LogP contribution in [0.15, 0.2) is 65.4 Å². The summed E-state index contributed by atoms with van der Waals surface area (Å²) < 4.78 is 1.00. The van der Waals surface area contributed by atoms with E-state index < -0.39 is 0 Å². The number of hydrogen-bond donors (Lipinski definition) is 2. The monoisotopic (exact) mass is 460 g/mol. The largest absolute Gasteiger partial charge is 0.339 e. The number of carbonyl (C=O) groups excluding carboxylic acids is 1. The zero-order valence-corrected chi connectivity index (χ0v) is 17.4. The molecule has 2 N–H and O–H groups in total. The Morgan fingerprint density at radius 2 is 1.93 bits per heavy atom. The Bertz CT molecular complexity index is 1260. The van der Waals surface area contributed by atoms with Crippen molar-refractivity contribution in [3.05, 3.63) is 71.0 Å². The molecule has 0 aliphatic carbocycles. The highest BCUT2D eigenvalue weighted by molar-refractivity contribution is 9.10. The van der Waals surface area contributed by atoms with E-state index in [-0.39, 0.29) is 0 Å². The minimum absolute atomic E-state index is 0.465. The number of amides is 1. The van der Waals surface area contributed by atoms with Gasteiger partial charge in [-0.2, -0.15) is 4.98 Å². The van der Waals surface area contributed by atoms with Crippen LogP contribution < -0.4 is 15.5 Å². The summed E-state index contributed by atoms with van der Waals surface area (Å²) in [6, 6.07) is 15.7. The van der Waals surface area contributed by atoms with E-state index in [0.717, 1.165) is 45.3 Å². The number of aromatic nitrogens is 3. The number of anilines is 5. The fourth-order valence-corrected chi connectivity index (χ4v) is 3.91. The third-order valence-corrected chi connectivity index (χ3v) is 5.46. The number of nitrogens with one attached hydrogen (secondary N) is 2. The third kappa shape index (κ3) is 3.69. The molecule has 0 spiro atoms. The normalized spacial score (nSPS) is 12.6. The first-order valence-electron chi connectivity index (χ1n) is 9.45. The number of carbonyl (C=O) groups is 1. The Labute approximate surface area is 181 Å². The molecule has 0 saturated carbocycles. The van der Waals surface area contributed by atoms with E-state index in [2.05, 4.69) is 41.5 Å². The molecule has 2 aromatic heterocycles. The van der Waals surface area contributed by atoms with E-state index >= 15 is 0 Å². The molecule has 3 heterocycles. The van der Waals surface area contributed by atoms with Gasteiger partial charge in [0.2, 0.25) is 12.4 Å². The Hall–Kier alpha value is -3.52. The maximum absolute atomic E-state index is 11.2. The van der Waals surface area contributed by atoms with Crippen molar-refractivity contribution in [3.8, 4) is 0 Å². The van der Waals surface area contributed by atoms with Crippen LogP contribution >= 0.6 is 15.9 Å². The lowest BCUT2D eigenvalue weighted by Gasteiger charge is -2.13. The van der Waals surface area contributed by atoms with Crippen molar-refractivity contribution in [1.82, 2.24) is 15.0 Å². The summed E-state index contributed by atoms with van der Waals surface area (Å²) in [5, 5.41) is 7.52. The van der Waals surface area contributed by atoms with Crippen LogP contribution in [0.4, 0.5) is 28.8 Å². The van der Waals surface area contributed by atoms with Gasteiger partial charge in [0.25, 0.3) is 0 Å². The van der Waals surface area contributed by atoms with Gasteiger partial charge >= 0.3 is 0 Å². The van der Waals surface area contributed by atoms with Crippen molar-refractivity contribution < 1.29 is 4.79 Å². The van der Waals surface area contributed by atoms with Crippen LogP contribution in [0.5, 0.6) is 0 Å². The van der Waals surface area contributed by atoms with Gasteiger partial charge in [-0.15, -0.1) is 0 Å². The fourth-order valence-electron chi connectivity index (χ4n) is 3.53. The van der Waals surface area contributed by atoms with Crippen LogP contribution in [0, 0.1) is 0 Å². The molecular weight excluding hydrogens is 444 g/mol. The van der Waals surface area contributed by atoms with E-state index in [1.165, 1.54) is 5.56 Å². The minimum atomic E-state index is 0.465. The van der Waals surface area contributed by atoms with Crippen molar-refractivity contribution in [1.29, 1.82) is 0 Å². The molecule has 1 amide bonds. The quantitative estimate of drug-likeness (QED) is 0.416. The minimum Gasteiger partial charge on any atom is -0.339 e. The molecule has 0 radical (unpaired) electrons. The summed E-state index contributed by atoms with van der Waals surface area (Å²) in [4.78, 5) is 26.3. The zero-order chi connectivity index (χ0) is 20.5. The molecule has 0 bridgehead atoms. The molecule has 1 aliphatic heterocycles. The molecule has 7 nitrogen and oxygen atoms in total. The van der Waals surface area contributed by atoms with Gasteiger partial charge < -0.3 is 15.5 Å². The third-order valence-electron chi connectivity index (χ3n) is 4.97. The molecule has 2 aromatic carbocycles. The van der Waals surface area contributed by atoms with Gasteiger partial charge in [-0.05, 0) is 54.4 Å². The number of pyridine rings is 1. The first-order valence-corrected chi connectivity index (χ1v) is 10.2. The van der Waals surface area contributed by atoms with Gasteiger partial charge in [0.1, 0.15) is 5.82 Å². The smallest absolute Gasteiger partial charge is 0.229 e. The topological polar surface area (TPSA) is 83.0 Å². The lowest BCUT2D eigenvalue weighted by atomic mass is 10.1. The Morgan fingerprint density at radius 1 is 1.00 bits per heavy atom. The van der Waals surface area contributed by atoms with E-state index in [4.69, 9.17) is 0 Å². The van der Waals surface area contributed by atoms with Crippen molar-refractivity contribution in [3.63, 3.8) is 0 Å². The van der Waals surface area contributed by atoms with Gasteiger partial charge in [0.05, 0.1) is 17.4 Å². The van der Waals surface area contributed by atoms with Crippen molar-refractivity contribution in [2.45, 2.75) is 6.42 Å². The van der Waals surface area contributed by atoms with Crippen molar-refractivity contribution in [2.24, 2.45) is 0 Å². The van der Waals surface area contributed by atoms with Crippen molar-refractivity contribution in [2.75, 3.05) is 22.1 Å². The lowest BCUT2D eigenvalue weighted by molar-refractivity contribution is -0.107. The van der Waals surface area contributed by atoms with Crippen LogP contribution in [0.1, 0.15) is 5.56 Å². The maximum atomic E-state index is 11.2. The number of fused-ring (bicyclic) bond motifs is 2. The Morgan fingerprint density at radius 3 is 2.83 bits per heavy atom. The Balaban J connectivity index is 1.37. The number of rotatable bonds is 5. The molecule has 0 saturated heterocycles. The number of nitrogens with zero attached hydrogens (tertiary/aromatic N) is 4. The number of halogens is 1. The standard InChI is InChI=1S/C22H17BrN6O/c23-16-2-4-19-15(9-16)10-18(12-25-19)26-21-5-7-24-22(28-21)27-17-3-1-14-6-8-29(13-30)20(14)11-17/h1-5,7,9-13H,6,8H2,(H2,24,26,27,28). The van der Waals surface area contributed by atoms with Crippen LogP contribution in [-0.2, 0) is 11.2 Å². The predicted octanol–water partition coefficient (Wildman–Crippen LogP) is 4.79. The highest BCUT2D eigenvalue weighted by Crippen LogP contribution is 2.30. The number of benzene rings is 2. The van der Waals surface area contributed by atoms with Crippen LogP contribution in [-0.4, -0.2) is 27.9 Å². The second-order valence-electron chi connectivity index (χ2n) is 6.97. The van der Waals surface area contributed by atoms with E-state index in [1.807, 2.05) is 42.5 Å². The average molecular weight is 461 g/mol. The zero-order valence-electron chi connectivity index (χ0n) is 15.8. The summed E-state index contributed by atoms with van der Waals surface area (Å²) in [5.41, 5.74) is 4.69. The molecule has 8 heteroatoms. The SMILES string of the molecule is O=CN1CCc2ccc(Nc3nccc(Nc4cnc5ccc(Br)cc5c4)n3)cc21. The average Bonchev–Trinajstić information content (AvgIpc) is 3.16. The molecule has 0 fully saturated rings. The molecule has 148 valence electrons. The van der Waals surface area contributed by atoms with Gasteiger partial charge in [-0.1, -0.05) is 22.0 Å². The molecule has 0 atom stereocenters. The molecular formula is C22H17BrN6O. The Kier molecular flexibility index (Phi) is 4.76.